The number of carbonyl (C=O) groups excluding carboxylic acids is 1. The van der Waals surface area contributed by atoms with Crippen LogP contribution in [0.2, 0.25) is 0 Å². The van der Waals surface area contributed by atoms with Gasteiger partial charge in [-0.3, -0.25) is 0 Å². The van der Waals surface area contributed by atoms with Crippen molar-refractivity contribution in [1.82, 2.24) is 0 Å². The van der Waals surface area contributed by atoms with Crippen LogP contribution in [0.5, 0.6) is 0 Å². The van der Waals surface area contributed by atoms with Crippen molar-refractivity contribution in [2.45, 2.75) is 25.0 Å². The van der Waals surface area contributed by atoms with Crippen LogP contribution < -0.4 is 5.73 Å². The smallest absolute Gasteiger partial charge is 0.337 e. The fraction of sp³-hybridized carbons (Fsp3) is 0.462. The van der Waals surface area contributed by atoms with E-state index in [2.05, 4.69) is 4.74 Å². The van der Waals surface area contributed by atoms with Crippen LogP contribution >= 0.6 is 0 Å². The highest BCUT2D eigenvalue weighted by Crippen LogP contribution is 2.27. The minimum Gasteiger partial charge on any atom is -0.465 e. The highest BCUT2D eigenvalue weighted by molar-refractivity contribution is 5.89. The van der Waals surface area contributed by atoms with Gasteiger partial charge >= 0.3 is 5.97 Å². The van der Waals surface area contributed by atoms with Gasteiger partial charge in [0.2, 0.25) is 0 Å². The summed E-state index contributed by atoms with van der Waals surface area (Å²) in [6.45, 7) is 0.699. The maximum absolute atomic E-state index is 11.3. The molecule has 0 bridgehead atoms. The Balaban J connectivity index is 2.09. The molecule has 4 nitrogen and oxygen atoms in total. The first-order chi connectivity index (χ1) is 8.20. The summed E-state index contributed by atoms with van der Waals surface area (Å²) < 4.78 is 10.3. The molecule has 2 rings (SSSR count). The first-order valence-corrected chi connectivity index (χ1v) is 5.76. The second kappa shape index (κ2) is 5.29. The van der Waals surface area contributed by atoms with Gasteiger partial charge in [-0.25, -0.2) is 4.79 Å². The Morgan fingerprint density at radius 2 is 2.12 bits per heavy atom. The maximum atomic E-state index is 11.3. The lowest BCUT2D eigenvalue weighted by Crippen LogP contribution is -2.30. The first kappa shape index (κ1) is 12.1. The largest absolute Gasteiger partial charge is 0.465 e. The molecule has 1 fully saturated rings. The zero-order chi connectivity index (χ0) is 12.3. The molecule has 1 aromatic rings. The number of methoxy groups -OCH3 is 1. The van der Waals surface area contributed by atoms with Gasteiger partial charge < -0.3 is 15.2 Å². The highest BCUT2D eigenvalue weighted by Gasteiger charge is 2.21. The number of benzene rings is 1. The quantitative estimate of drug-likeness (QED) is 0.792. The van der Waals surface area contributed by atoms with Crippen LogP contribution in [0, 0.1) is 0 Å². The number of rotatable bonds is 2. The fourth-order valence-electron chi connectivity index (χ4n) is 2.01. The number of nitrogens with two attached hydrogens (primary N) is 1. The molecular weight excluding hydrogens is 218 g/mol. The molecule has 2 unspecified atom stereocenters. The second-order valence-electron chi connectivity index (χ2n) is 4.26. The summed E-state index contributed by atoms with van der Waals surface area (Å²) in [7, 11) is 1.37. The summed E-state index contributed by atoms with van der Waals surface area (Å²) in [5.41, 5.74) is 7.52. The van der Waals surface area contributed by atoms with Gasteiger partial charge in [-0.1, -0.05) is 12.1 Å². The van der Waals surface area contributed by atoms with Gasteiger partial charge in [0.25, 0.3) is 0 Å². The van der Waals surface area contributed by atoms with Gasteiger partial charge in [-0.05, 0) is 30.5 Å². The Kier molecular flexibility index (Phi) is 3.76. The fourth-order valence-corrected chi connectivity index (χ4v) is 2.01. The van der Waals surface area contributed by atoms with Crippen molar-refractivity contribution in [1.29, 1.82) is 0 Å². The predicted molar refractivity (Wildman–Crippen MR) is 63.7 cm³/mol. The molecule has 1 aromatic carbocycles. The molecule has 0 saturated carbocycles. The normalized spacial score (nSPS) is 24.4. The second-order valence-corrected chi connectivity index (χ2v) is 4.26. The SMILES string of the molecule is COC(=O)c1ccc(C2CC(N)CCO2)cc1. The van der Waals surface area contributed by atoms with Crippen LogP contribution in [-0.2, 0) is 9.47 Å². The van der Waals surface area contributed by atoms with E-state index in [9.17, 15) is 4.79 Å². The van der Waals surface area contributed by atoms with E-state index < -0.39 is 0 Å². The van der Waals surface area contributed by atoms with Crippen molar-refractivity contribution < 1.29 is 14.3 Å². The summed E-state index contributed by atoms with van der Waals surface area (Å²) >= 11 is 0. The summed E-state index contributed by atoms with van der Waals surface area (Å²) in [6, 6.07) is 7.51. The summed E-state index contributed by atoms with van der Waals surface area (Å²) in [6.07, 6.45) is 1.79. The molecule has 0 aliphatic carbocycles. The molecule has 4 heteroatoms. The first-order valence-electron chi connectivity index (χ1n) is 5.76. The van der Waals surface area contributed by atoms with E-state index in [1.165, 1.54) is 7.11 Å². The molecule has 0 radical (unpaired) electrons. The van der Waals surface area contributed by atoms with Crippen LogP contribution in [0.1, 0.15) is 34.9 Å². The van der Waals surface area contributed by atoms with Gasteiger partial charge in [-0.15, -0.1) is 0 Å². The van der Waals surface area contributed by atoms with E-state index in [1.54, 1.807) is 12.1 Å². The van der Waals surface area contributed by atoms with Crippen molar-refractivity contribution in [2.24, 2.45) is 5.73 Å². The number of hydrogen-bond acceptors (Lipinski definition) is 4. The van der Waals surface area contributed by atoms with Crippen molar-refractivity contribution >= 4 is 5.97 Å². The lowest BCUT2D eigenvalue weighted by atomic mass is 9.97. The van der Waals surface area contributed by atoms with Gasteiger partial charge in [0.05, 0.1) is 18.8 Å². The van der Waals surface area contributed by atoms with E-state index in [0.717, 1.165) is 18.4 Å². The molecule has 0 spiro atoms. The van der Waals surface area contributed by atoms with Crippen molar-refractivity contribution in [3.05, 3.63) is 35.4 Å². The van der Waals surface area contributed by atoms with E-state index in [1.807, 2.05) is 12.1 Å². The minimum absolute atomic E-state index is 0.0467. The van der Waals surface area contributed by atoms with Crippen molar-refractivity contribution in [3.63, 3.8) is 0 Å². The summed E-state index contributed by atoms with van der Waals surface area (Å²) in [5.74, 6) is -0.321. The third-order valence-electron chi connectivity index (χ3n) is 3.03. The lowest BCUT2D eigenvalue weighted by Gasteiger charge is -2.27. The van der Waals surface area contributed by atoms with Gasteiger partial charge in [-0.2, -0.15) is 0 Å². The summed E-state index contributed by atoms with van der Waals surface area (Å²) in [4.78, 5) is 11.3. The Labute approximate surface area is 101 Å². The van der Waals surface area contributed by atoms with Gasteiger partial charge in [0.1, 0.15) is 0 Å². The molecule has 1 saturated heterocycles. The third-order valence-corrected chi connectivity index (χ3v) is 3.03. The van der Waals surface area contributed by atoms with Crippen LogP contribution in [-0.4, -0.2) is 25.7 Å². The van der Waals surface area contributed by atoms with E-state index in [4.69, 9.17) is 10.5 Å². The molecule has 0 amide bonds. The number of hydrogen-bond donors (Lipinski definition) is 1. The summed E-state index contributed by atoms with van der Waals surface area (Å²) in [5, 5.41) is 0. The number of ether oxygens (including phenoxy) is 2. The standard InChI is InChI=1S/C13H17NO3/c1-16-13(15)10-4-2-9(3-5-10)12-8-11(14)6-7-17-12/h2-5,11-12H,6-8,14H2,1H3. The lowest BCUT2D eigenvalue weighted by molar-refractivity contribution is 0.00664. The number of esters is 1. The number of carbonyl (C=O) groups is 1. The molecule has 92 valence electrons. The van der Waals surface area contributed by atoms with Crippen LogP contribution in [0.25, 0.3) is 0 Å². The van der Waals surface area contributed by atoms with Crippen molar-refractivity contribution in [2.75, 3.05) is 13.7 Å². The highest BCUT2D eigenvalue weighted by atomic mass is 16.5. The molecule has 1 aliphatic rings. The Morgan fingerprint density at radius 3 is 2.71 bits per heavy atom. The minimum atomic E-state index is -0.321. The maximum Gasteiger partial charge on any atom is 0.337 e. The Bertz CT molecular complexity index is 388. The molecule has 1 aliphatic heterocycles. The molecule has 2 N–H and O–H groups in total. The molecule has 1 heterocycles. The van der Waals surface area contributed by atoms with Gasteiger partial charge in [0, 0.05) is 12.6 Å². The van der Waals surface area contributed by atoms with Crippen LogP contribution in [0.3, 0.4) is 0 Å². The van der Waals surface area contributed by atoms with E-state index >= 15 is 0 Å². The monoisotopic (exact) mass is 235 g/mol. The van der Waals surface area contributed by atoms with Crippen molar-refractivity contribution in [3.8, 4) is 0 Å². The van der Waals surface area contributed by atoms with Crippen LogP contribution in [0.15, 0.2) is 24.3 Å². The molecule has 0 aromatic heterocycles. The molecule has 17 heavy (non-hydrogen) atoms. The zero-order valence-electron chi connectivity index (χ0n) is 9.89. The molecular formula is C13H17NO3. The van der Waals surface area contributed by atoms with E-state index in [0.29, 0.717) is 12.2 Å². The van der Waals surface area contributed by atoms with E-state index in [-0.39, 0.29) is 18.1 Å². The zero-order valence-corrected chi connectivity index (χ0v) is 9.89. The molecule has 2 atom stereocenters. The Morgan fingerprint density at radius 1 is 1.41 bits per heavy atom. The average molecular weight is 235 g/mol. The predicted octanol–water partition coefficient (Wildman–Crippen LogP) is 1.65. The topological polar surface area (TPSA) is 61.5 Å². The third kappa shape index (κ3) is 2.84. The van der Waals surface area contributed by atoms with Crippen LogP contribution in [0.4, 0.5) is 0 Å². The Hall–Kier alpha value is -1.39. The van der Waals surface area contributed by atoms with Gasteiger partial charge in [0.15, 0.2) is 0 Å². The average Bonchev–Trinajstić information content (AvgIpc) is 2.38.